The summed E-state index contributed by atoms with van der Waals surface area (Å²) in [6.07, 6.45) is 7.19. The molecule has 4 nitrogen and oxygen atoms in total. The quantitative estimate of drug-likeness (QED) is 0.884. The zero-order chi connectivity index (χ0) is 12.1. The van der Waals surface area contributed by atoms with Crippen LogP contribution >= 0.6 is 11.6 Å². The molecule has 0 radical (unpaired) electrons. The largest absolute Gasteiger partial charge is 0.329 e. The highest BCUT2D eigenvalue weighted by molar-refractivity contribution is 6.31. The van der Waals surface area contributed by atoms with Gasteiger partial charge in [0.1, 0.15) is 5.82 Å². The van der Waals surface area contributed by atoms with Crippen LogP contribution in [0.15, 0.2) is 30.9 Å². The topological polar surface area (TPSA) is 42.7 Å². The smallest absolute Gasteiger partial charge is 0.122 e. The molecule has 2 rings (SSSR count). The molecule has 17 heavy (non-hydrogen) atoms. The summed E-state index contributed by atoms with van der Waals surface area (Å²) in [6, 6.07) is 1.93. The van der Waals surface area contributed by atoms with E-state index in [-0.39, 0.29) is 0 Å². The van der Waals surface area contributed by atoms with E-state index in [2.05, 4.69) is 26.8 Å². The number of nitrogens with one attached hydrogen (secondary N) is 1. The van der Waals surface area contributed by atoms with Crippen molar-refractivity contribution in [2.24, 2.45) is 0 Å². The summed E-state index contributed by atoms with van der Waals surface area (Å²) in [5.41, 5.74) is 1.05. The van der Waals surface area contributed by atoms with Crippen molar-refractivity contribution in [3.63, 3.8) is 0 Å². The third-order valence-corrected chi connectivity index (χ3v) is 2.87. The molecule has 0 amide bonds. The van der Waals surface area contributed by atoms with Crippen molar-refractivity contribution in [1.82, 2.24) is 19.9 Å². The van der Waals surface area contributed by atoms with Crippen molar-refractivity contribution in [3.8, 4) is 0 Å². The molecule has 0 atom stereocenters. The summed E-state index contributed by atoms with van der Waals surface area (Å²) < 4.78 is 2.09. The first-order chi connectivity index (χ1) is 8.31. The van der Waals surface area contributed by atoms with Gasteiger partial charge in [0.2, 0.25) is 0 Å². The maximum atomic E-state index is 6.09. The molecule has 0 saturated carbocycles. The predicted molar refractivity (Wildman–Crippen MR) is 68.0 cm³/mol. The Kier molecular flexibility index (Phi) is 4.12. The number of pyridine rings is 1. The lowest BCUT2D eigenvalue weighted by Gasteiger charge is -2.09. The SMILES string of the molecule is CCNCc1nccn1Cc1ccncc1Cl. The molecule has 0 saturated heterocycles. The van der Waals surface area contributed by atoms with Gasteiger partial charge < -0.3 is 9.88 Å². The molecule has 0 bridgehead atoms. The minimum atomic E-state index is 0.690. The molecule has 2 aromatic heterocycles. The molecule has 2 heterocycles. The highest BCUT2D eigenvalue weighted by Crippen LogP contribution is 2.15. The predicted octanol–water partition coefficient (Wildman–Crippen LogP) is 2.09. The van der Waals surface area contributed by atoms with Crippen molar-refractivity contribution in [1.29, 1.82) is 0 Å². The Hall–Kier alpha value is -1.39. The fourth-order valence-electron chi connectivity index (χ4n) is 1.60. The number of hydrogen-bond donors (Lipinski definition) is 1. The van der Waals surface area contributed by atoms with Crippen LogP contribution in [-0.4, -0.2) is 21.1 Å². The summed E-state index contributed by atoms with van der Waals surface area (Å²) in [5.74, 6) is 1.01. The Morgan fingerprint density at radius 3 is 3.06 bits per heavy atom. The number of aromatic nitrogens is 3. The van der Waals surface area contributed by atoms with Crippen LogP contribution < -0.4 is 5.32 Å². The van der Waals surface area contributed by atoms with E-state index < -0.39 is 0 Å². The van der Waals surface area contributed by atoms with Crippen LogP contribution in [0.2, 0.25) is 5.02 Å². The second kappa shape index (κ2) is 5.80. The van der Waals surface area contributed by atoms with E-state index in [1.807, 2.05) is 18.5 Å². The van der Waals surface area contributed by atoms with E-state index in [9.17, 15) is 0 Å². The van der Waals surface area contributed by atoms with Gasteiger partial charge in [-0.2, -0.15) is 0 Å². The molecule has 0 fully saturated rings. The minimum absolute atomic E-state index is 0.690. The van der Waals surface area contributed by atoms with Gasteiger partial charge in [-0.25, -0.2) is 4.98 Å². The first-order valence-electron chi connectivity index (χ1n) is 5.60. The number of imidazole rings is 1. The van der Waals surface area contributed by atoms with E-state index in [0.29, 0.717) is 5.02 Å². The molecule has 0 unspecified atom stereocenters. The average Bonchev–Trinajstić information content (AvgIpc) is 2.77. The fraction of sp³-hybridized carbons (Fsp3) is 0.333. The number of rotatable bonds is 5. The van der Waals surface area contributed by atoms with Gasteiger partial charge in [-0.05, 0) is 18.2 Å². The first-order valence-corrected chi connectivity index (χ1v) is 5.98. The molecular weight excluding hydrogens is 236 g/mol. The van der Waals surface area contributed by atoms with E-state index in [0.717, 1.165) is 31.0 Å². The Balaban J connectivity index is 2.13. The van der Waals surface area contributed by atoms with Gasteiger partial charge in [-0.3, -0.25) is 4.98 Å². The van der Waals surface area contributed by atoms with Crippen LogP contribution in [-0.2, 0) is 13.1 Å². The maximum absolute atomic E-state index is 6.09. The van der Waals surface area contributed by atoms with Gasteiger partial charge in [0.15, 0.2) is 0 Å². The summed E-state index contributed by atoms with van der Waals surface area (Å²) in [6.45, 7) is 4.50. The van der Waals surface area contributed by atoms with E-state index in [1.165, 1.54) is 0 Å². The van der Waals surface area contributed by atoms with Gasteiger partial charge in [-0.1, -0.05) is 18.5 Å². The minimum Gasteiger partial charge on any atom is -0.329 e. The first kappa shape index (κ1) is 12.1. The van der Waals surface area contributed by atoms with E-state index >= 15 is 0 Å². The molecule has 90 valence electrons. The molecule has 5 heteroatoms. The normalized spacial score (nSPS) is 10.7. The van der Waals surface area contributed by atoms with Gasteiger partial charge >= 0.3 is 0 Å². The zero-order valence-electron chi connectivity index (χ0n) is 9.73. The van der Waals surface area contributed by atoms with Crippen LogP contribution in [0.25, 0.3) is 0 Å². The van der Waals surface area contributed by atoms with Crippen molar-refractivity contribution < 1.29 is 0 Å². The lowest BCUT2D eigenvalue weighted by atomic mass is 10.2. The molecule has 0 aliphatic carbocycles. The Labute approximate surface area is 106 Å². The van der Waals surface area contributed by atoms with Crippen LogP contribution in [0.5, 0.6) is 0 Å². The van der Waals surface area contributed by atoms with Crippen molar-refractivity contribution in [3.05, 3.63) is 47.3 Å². The van der Waals surface area contributed by atoms with Crippen molar-refractivity contribution in [2.75, 3.05) is 6.54 Å². The van der Waals surface area contributed by atoms with Crippen LogP contribution in [0.1, 0.15) is 18.3 Å². The highest BCUT2D eigenvalue weighted by Gasteiger charge is 2.05. The maximum Gasteiger partial charge on any atom is 0.122 e. The number of hydrogen-bond acceptors (Lipinski definition) is 3. The van der Waals surface area contributed by atoms with Crippen LogP contribution in [0, 0.1) is 0 Å². The molecule has 0 aliphatic rings. The standard InChI is InChI=1S/C12H15ClN4/c1-2-14-8-12-16-5-6-17(12)9-10-3-4-15-7-11(10)13/h3-7,14H,2,8-9H2,1H3. The summed E-state index contributed by atoms with van der Waals surface area (Å²) >= 11 is 6.09. The van der Waals surface area contributed by atoms with E-state index in [4.69, 9.17) is 11.6 Å². The fourth-order valence-corrected chi connectivity index (χ4v) is 1.78. The van der Waals surface area contributed by atoms with Gasteiger partial charge in [-0.15, -0.1) is 0 Å². The second-order valence-electron chi connectivity index (χ2n) is 3.72. The zero-order valence-corrected chi connectivity index (χ0v) is 10.5. The van der Waals surface area contributed by atoms with Crippen LogP contribution in [0.3, 0.4) is 0 Å². The van der Waals surface area contributed by atoms with Crippen molar-refractivity contribution >= 4 is 11.6 Å². The average molecular weight is 251 g/mol. The third kappa shape index (κ3) is 3.05. The summed E-state index contributed by atoms with van der Waals surface area (Å²) in [4.78, 5) is 8.30. The third-order valence-electron chi connectivity index (χ3n) is 2.53. The van der Waals surface area contributed by atoms with Gasteiger partial charge in [0, 0.05) is 24.8 Å². The molecule has 2 aromatic rings. The summed E-state index contributed by atoms with van der Waals surface area (Å²) in [7, 11) is 0. The Morgan fingerprint density at radius 1 is 1.41 bits per heavy atom. The van der Waals surface area contributed by atoms with Crippen molar-refractivity contribution in [2.45, 2.75) is 20.0 Å². The number of halogens is 1. The monoisotopic (exact) mass is 250 g/mol. The second-order valence-corrected chi connectivity index (χ2v) is 4.13. The van der Waals surface area contributed by atoms with Gasteiger partial charge in [0.25, 0.3) is 0 Å². The van der Waals surface area contributed by atoms with Gasteiger partial charge in [0.05, 0.1) is 18.1 Å². The Morgan fingerprint density at radius 2 is 2.29 bits per heavy atom. The van der Waals surface area contributed by atoms with E-state index in [1.54, 1.807) is 12.4 Å². The molecular formula is C12H15ClN4. The molecule has 0 aromatic carbocycles. The summed E-state index contributed by atoms with van der Waals surface area (Å²) in [5, 5.41) is 3.95. The molecule has 0 spiro atoms. The lowest BCUT2D eigenvalue weighted by Crippen LogP contribution is -2.16. The molecule has 0 aliphatic heterocycles. The lowest BCUT2D eigenvalue weighted by molar-refractivity contribution is 0.639. The Bertz CT molecular complexity index is 481. The highest BCUT2D eigenvalue weighted by atomic mass is 35.5. The molecule has 1 N–H and O–H groups in total. The van der Waals surface area contributed by atoms with Crippen LogP contribution in [0.4, 0.5) is 0 Å². The number of nitrogens with zero attached hydrogens (tertiary/aromatic N) is 3.